The van der Waals surface area contributed by atoms with Crippen LogP contribution in [-0.2, 0) is 15.6 Å². The second-order valence-electron chi connectivity index (χ2n) is 4.96. The SMILES string of the molecule is CCCCNC(=O)c1occc1CS(=O)(=O)c1ccccc1. The molecule has 0 unspecified atom stereocenters. The van der Waals surface area contributed by atoms with Crippen LogP contribution in [0, 0.1) is 0 Å². The van der Waals surface area contributed by atoms with Gasteiger partial charge < -0.3 is 9.73 Å². The van der Waals surface area contributed by atoms with Crippen molar-refractivity contribution >= 4 is 15.7 Å². The number of sulfone groups is 1. The molecule has 0 atom stereocenters. The van der Waals surface area contributed by atoms with Crippen LogP contribution in [0.2, 0.25) is 0 Å². The molecule has 0 aliphatic carbocycles. The molecule has 1 amide bonds. The minimum Gasteiger partial charge on any atom is -0.459 e. The largest absolute Gasteiger partial charge is 0.459 e. The molecule has 0 aliphatic heterocycles. The van der Waals surface area contributed by atoms with E-state index in [0.29, 0.717) is 12.1 Å². The van der Waals surface area contributed by atoms with Crippen LogP contribution >= 0.6 is 0 Å². The van der Waals surface area contributed by atoms with E-state index in [2.05, 4.69) is 5.32 Å². The van der Waals surface area contributed by atoms with E-state index in [9.17, 15) is 13.2 Å². The summed E-state index contributed by atoms with van der Waals surface area (Å²) in [4.78, 5) is 12.3. The Kier molecular flexibility index (Phi) is 5.38. The average Bonchev–Trinajstić information content (AvgIpc) is 2.96. The molecule has 1 aromatic carbocycles. The van der Waals surface area contributed by atoms with Gasteiger partial charge in [-0.25, -0.2) is 8.42 Å². The standard InChI is InChI=1S/C16H19NO4S/c1-2-3-10-17-16(18)15-13(9-11-21-15)12-22(19,20)14-7-5-4-6-8-14/h4-9,11H,2-3,10,12H2,1H3,(H,17,18). The minimum atomic E-state index is -3.50. The number of carbonyl (C=O) groups excluding carboxylic acids is 1. The van der Waals surface area contributed by atoms with Crippen LogP contribution in [0.25, 0.3) is 0 Å². The van der Waals surface area contributed by atoms with Gasteiger partial charge in [-0.1, -0.05) is 31.5 Å². The molecular weight excluding hydrogens is 302 g/mol. The van der Waals surface area contributed by atoms with Crippen molar-refractivity contribution in [2.24, 2.45) is 0 Å². The molecule has 2 rings (SSSR count). The summed E-state index contributed by atoms with van der Waals surface area (Å²) in [5.41, 5.74) is 0.373. The third-order valence-corrected chi connectivity index (χ3v) is 4.90. The van der Waals surface area contributed by atoms with E-state index < -0.39 is 9.84 Å². The molecule has 2 aromatic rings. The first-order chi connectivity index (χ1) is 10.5. The lowest BCUT2D eigenvalue weighted by molar-refractivity contribution is 0.0924. The highest BCUT2D eigenvalue weighted by atomic mass is 32.2. The zero-order chi connectivity index (χ0) is 16.0. The van der Waals surface area contributed by atoms with E-state index in [1.807, 2.05) is 6.92 Å². The molecule has 22 heavy (non-hydrogen) atoms. The zero-order valence-corrected chi connectivity index (χ0v) is 13.2. The molecule has 118 valence electrons. The first-order valence-corrected chi connectivity index (χ1v) is 8.82. The van der Waals surface area contributed by atoms with Gasteiger partial charge in [-0.15, -0.1) is 0 Å². The van der Waals surface area contributed by atoms with Gasteiger partial charge in [0.25, 0.3) is 5.91 Å². The van der Waals surface area contributed by atoms with Gasteiger partial charge in [0.15, 0.2) is 15.6 Å². The van der Waals surface area contributed by atoms with Crippen molar-refractivity contribution in [3.05, 3.63) is 54.0 Å². The van der Waals surface area contributed by atoms with E-state index in [4.69, 9.17) is 4.42 Å². The molecule has 6 heteroatoms. The van der Waals surface area contributed by atoms with Gasteiger partial charge in [-0.3, -0.25) is 4.79 Å². The number of furan rings is 1. The van der Waals surface area contributed by atoms with Gasteiger partial charge in [0.2, 0.25) is 0 Å². The number of hydrogen-bond acceptors (Lipinski definition) is 4. The maximum atomic E-state index is 12.4. The lowest BCUT2D eigenvalue weighted by Gasteiger charge is -2.06. The first-order valence-electron chi connectivity index (χ1n) is 7.17. The topological polar surface area (TPSA) is 76.4 Å². The normalized spacial score (nSPS) is 11.3. The molecule has 1 heterocycles. The Hall–Kier alpha value is -2.08. The van der Waals surface area contributed by atoms with Crippen molar-refractivity contribution in [3.8, 4) is 0 Å². The van der Waals surface area contributed by atoms with Gasteiger partial charge in [-0.2, -0.15) is 0 Å². The van der Waals surface area contributed by atoms with Crippen LogP contribution in [0.1, 0.15) is 35.9 Å². The van der Waals surface area contributed by atoms with Crippen molar-refractivity contribution < 1.29 is 17.6 Å². The predicted molar refractivity (Wildman–Crippen MR) is 83.3 cm³/mol. The Morgan fingerprint density at radius 3 is 2.59 bits per heavy atom. The maximum absolute atomic E-state index is 12.4. The van der Waals surface area contributed by atoms with Gasteiger partial charge in [0.05, 0.1) is 16.9 Å². The van der Waals surface area contributed by atoms with E-state index in [-0.39, 0.29) is 22.3 Å². The molecule has 0 spiro atoms. The number of hydrogen-bond donors (Lipinski definition) is 1. The summed E-state index contributed by atoms with van der Waals surface area (Å²) in [7, 11) is -3.50. The Labute approximate surface area is 130 Å². The molecule has 0 aliphatic rings. The monoisotopic (exact) mass is 321 g/mol. The molecule has 1 N–H and O–H groups in total. The summed E-state index contributed by atoms with van der Waals surface area (Å²) in [6.45, 7) is 2.57. The smallest absolute Gasteiger partial charge is 0.287 e. The fourth-order valence-electron chi connectivity index (χ4n) is 2.02. The number of amides is 1. The Bertz CT molecular complexity index is 720. The Balaban J connectivity index is 2.15. The van der Waals surface area contributed by atoms with E-state index in [1.54, 1.807) is 18.2 Å². The van der Waals surface area contributed by atoms with Crippen molar-refractivity contribution in [1.82, 2.24) is 5.32 Å². The second kappa shape index (κ2) is 7.26. The van der Waals surface area contributed by atoms with Crippen LogP contribution in [0.5, 0.6) is 0 Å². The van der Waals surface area contributed by atoms with Crippen LogP contribution in [0.4, 0.5) is 0 Å². The summed E-state index contributed by atoms with van der Waals surface area (Å²) in [6, 6.07) is 9.69. The summed E-state index contributed by atoms with van der Waals surface area (Å²) < 4.78 is 29.9. The first kappa shape index (κ1) is 16.3. The van der Waals surface area contributed by atoms with Gasteiger partial charge in [0, 0.05) is 12.1 Å². The van der Waals surface area contributed by atoms with E-state index >= 15 is 0 Å². The highest BCUT2D eigenvalue weighted by Gasteiger charge is 2.22. The molecule has 0 radical (unpaired) electrons. The number of nitrogens with one attached hydrogen (secondary N) is 1. The maximum Gasteiger partial charge on any atom is 0.287 e. The third-order valence-electron chi connectivity index (χ3n) is 3.22. The number of benzene rings is 1. The zero-order valence-electron chi connectivity index (χ0n) is 12.4. The molecule has 0 saturated carbocycles. The summed E-state index contributed by atoms with van der Waals surface area (Å²) in [5, 5.41) is 2.72. The predicted octanol–water partition coefficient (Wildman–Crippen LogP) is 2.78. The molecule has 0 bridgehead atoms. The van der Waals surface area contributed by atoms with Gasteiger partial charge in [0.1, 0.15) is 0 Å². The van der Waals surface area contributed by atoms with Crippen molar-refractivity contribution in [1.29, 1.82) is 0 Å². The third kappa shape index (κ3) is 3.98. The van der Waals surface area contributed by atoms with Gasteiger partial charge in [-0.05, 0) is 24.6 Å². The lowest BCUT2D eigenvalue weighted by atomic mass is 10.2. The number of rotatable bonds is 7. The molecule has 1 aromatic heterocycles. The molecule has 0 fully saturated rings. The summed E-state index contributed by atoms with van der Waals surface area (Å²) >= 11 is 0. The number of unbranched alkanes of at least 4 members (excludes halogenated alkanes) is 1. The summed E-state index contributed by atoms with van der Waals surface area (Å²) in [5.74, 6) is -0.573. The Morgan fingerprint density at radius 1 is 1.18 bits per heavy atom. The van der Waals surface area contributed by atoms with Crippen molar-refractivity contribution in [2.45, 2.75) is 30.4 Å². The van der Waals surface area contributed by atoms with Crippen LogP contribution in [0.3, 0.4) is 0 Å². The van der Waals surface area contributed by atoms with Crippen LogP contribution in [-0.4, -0.2) is 20.9 Å². The summed E-state index contributed by atoms with van der Waals surface area (Å²) in [6.07, 6.45) is 3.17. The second-order valence-corrected chi connectivity index (χ2v) is 6.95. The van der Waals surface area contributed by atoms with E-state index in [1.165, 1.54) is 24.5 Å². The molecular formula is C16H19NO4S. The molecule has 5 nitrogen and oxygen atoms in total. The van der Waals surface area contributed by atoms with Crippen molar-refractivity contribution in [3.63, 3.8) is 0 Å². The fraction of sp³-hybridized carbons (Fsp3) is 0.312. The highest BCUT2D eigenvalue weighted by Crippen LogP contribution is 2.19. The van der Waals surface area contributed by atoms with Crippen LogP contribution < -0.4 is 5.32 Å². The van der Waals surface area contributed by atoms with Gasteiger partial charge >= 0.3 is 0 Å². The average molecular weight is 321 g/mol. The van der Waals surface area contributed by atoms with E-state index in [0.717, 1.165) is 12.8 Å². The molecule has 0 saturated heterocycles. The Morgan fingerprint density at radius 2 is 1.91 bits per heavy atom. The fourth-order valence-corrected chi connectivity index (χ4v) is 3.40. The number of carbonyl (C=O) groups is 1. The van der Waals surface area contributed by atoms with Crippen LogP contribution in [0.15, 0.2) is 52.0 Å². The highest BCUT2D eigenvalue weighted by molar-refractivity contribution is 7.90. The minimum absolute atomic E-state index is 0.0654. The van der Waals surface area contributed by atoms with Crippen molar-refractivity contribution in [2.75, 3.05) is 6.54 Å². The quantitative estimate of drug-likeness (QED) is 0.796. The lowest BCUT2D eigenvalue weighted by Crippen LogP contribution is -2.25.